The molecule has 1 aromatic heterocycles. The molecule has 0 spiro atoms. The van der Waals surface area contributed by atoms with Crippen LogP contribution in [-0.4, -0.2) is 67.3 Å². The van der Waals surface area contributed by atoms with E-state index in [1.54, 1.807) is 6.07 Å². The molecule has 0 bridgehead atoms. The predicted octanol–water partition coefficient (Wildman–Crippen LogP) is 3.68. The van der Waals surface area contributed by atoms with E-state index < -0.39 is 0 Å². The third kappa shape index (κ3) is 6.17. The molecular formula is C24H35IN6O. The van der Waals surface area contributed by atoms with Crippen LogP contribution < -0.4 is 15.1 Å². The van der Waals surface area contributed by atoms with Crippen LogP contribution in [0.4, 0.5) is 11.5 Å². The number of hydrogen-bond acceptors (Lipinski definition) is 5. The van der Waals surface area contributed by atoms with Gasteiger partial charge >= 0.3 is 0 Å². The molecule has 2 fully saturated rings. The normalized spacial score (nSPS) is 17.5. The maximum Gasteiger partial charge on any atom is 0.194 e. The molecule has 4 rings (SSSR count). The number of benzene rings is 1. The second-order valence-corrected chi connectivity index (χ2v) is 8.29. The monoisotopic (exact) mass is 550 g/mol. The number of hydrogen-bond donors (Lipinski definition) is 2. The van der Waals surface area contributed by atoms with Gasteiger partial charge in [-0.2, -0.15) is 0 Å². The number of anilines is 2. The lowest BCUT2D eigenvalue weighted by atomic mass is 10.2. The van der Waals surface area contributed by atoms with Crippen molar-refractivity contribution in [2.45, 2.75) is 32.2 Å². The molecule has 0 aliphatic carbocycles. The molecule has 0 saturated carbocycles. The molecule has 2 N–H and O–H groups in total. The highest BCUT2D eigenvalue weighted by atomic mass is 127. The first kappa shape index (κ1) is 24.4. The molecule has 3 heterocycles. The lowest BCUT2D eigenvalue weighted by molar-refractivity contribution is 0.369. The van der Waals surface area contributed by atoms with Crippen LogP contribution in [0.1, 0.15) is 31.2 Å². The Morgan fingerprint density at radius 3 is 2.28 bits per heavy atom. The van der Waals surface area contributed by atoms with E-state index in [4.69, 9.17) is 4.98 Å². The average Bonchev–Trinajstić information content (AvgIpc) is 3.10. The van der Waals surface area contributed by atoms with Crippen LogP contribution in [0.2, 0.25) is 0 Å². The molecule has 0 radical (unpaired) electrons. The first-order valence-electron chi connectivity index (χ1n) is 11.4. The summed E-state index contributed by atoms with van der Waals surface area (Å²) in [6, 6.07) is 11.9. The van der Waals surface area contributed by atoms with Gasteiger partial charge in [0, 0.05) is 59.1 Å². The molecular weight excluding hydrogens is 515 g/mol. The van der Waals surface area contributed by atoms with E-state index in [9.17, 15) is 5.11 Å². The smallest absolute Gasteiger partial charge is 0.194 e. The van der Waals surface area contributed by atoms with Crippen LogP contribution in [0.15, 0.2) is 47.6 Å². The summed E-state index contributed by atoms with van der Waals surface area (Å²) in [6.45, 7) is 6.36. The molecule has 7 nitrogen and oxygen atoms in total. The van der Waals surface area contributed by atoms with Crippen LogP contribution >= 0.6 is 24.0 Å². The Hall–Kier alpha value is -2.23. The highest BCUT2D eigenvalue weighted by molar-refractivity contribution is 14.0. The maximum atomic E-state index is 10.1. The molecule has 8 heteroatoms. The number of aliphatic imine (C=N–C) groups is 1. The number of rotatable bonds is 4. The number of phenolic OH excluding ortho intramolecular Hbond substituents is 1. The summed E-state index contributed by atoms with van der Waals surface area (Å²) in [5, 5.41) is 13.6. The van der Waals surface area contributed by atoms with Crippen molar-refractivity contribution in [2.75, 3.05) is 56.1 Å². The Morgan fingerprint density at radius 2 is 1.66 bits per heavy atom. The largest absolute Gasteiger partial charge is 0.506 e. The fourth-order valence-electron chi connectivity index (χ4n) is 4.41. The average molecular weight is 550 g/mol. The zero-order valence-corrected chi connectivity index (χ0v) is 21.2. The van der Waals surface area contributed by atoms with E-state index in [-0.39, 0.29) is 24.0 Å². The summed E-state index contributed by atoms with van der Waals surface area (Å²) in [5.41, 5.74) is 2.06. The number of para-hydroxylation sites is 2. The highest BCUT2D eigenvalue weighted by Gasteiger charge is 2.21. The summed E-state index contributed by atoms with van der Waals surface area (Å²) >= 11 is 0. The number of halogens is 1. The topological polar surface area (TPSA) is 67.2 Å². The molecule has 32 heavy (non-hydrogen) atoms. The third-order valence-electron chi connectivity index (χ3n) is 6.20. The van der Waals surface area contributed by atoms with Crippen LogP contribution in [0, 0.1) is 0 Å². The number of guanidine groups is 1. The third-order valence-corrected chi connectivity index (χ3v) is 6.20. The summed E-state index contributed by atoms with van der Waals surface area (Å²) in [4.78, 5) is 16.1. The van der Waals surface area contributed by atoms with Crippen LogP contribution in [0.5, 0.6) is 5.75 Å². The minimum atomic E-state index is 0. The molecule has 2 aromatic rings. The Bertz CT molecular complexity index is 859. The van der Waals surface area contributed by atoms with Gasteiger partial charge in [-0.25, -0.2) is 4.98 Å². The number of nitrogens with one attached hydrogen (secondary N) is 1. The maximum absolute atomic E-state index is 10.1. The van der Waals surface area contributed by atoms with Crippen molar-refractivity contribution >= 4 is 41.4 Å². The molecule has 0 amide bonds. The summed E-state index contributed by atoms with van der Waals surface area (Å²) in [6.07, 6.45) is 7.17. The van der Waals surface area contributed by atoms with Gasteiger partial charge in [-0.1, -0.05) is 31.0 Å². The van der Waals surface area contributed by atoms with Gasteiger partial charge in [0.1, 0.15) is 11.6 Å². The van der Waals surface area contributed by atoms with Crippen molar-refractivity contribution in [3.8, 4) is 5.75 Å². The summed E-state index contributed by atoms with van der Waals surface area (Å²) in [7, 11) is 1.83. The second-order valence-electron chi connectivity index (χ2n) is 8.29. The van der Waals surface area contributed by atoms with Crippen molar-refractivity contribution in [1.82, 2.24) is 15.2 Å². The Labute approximate surface area is 208 Å². The number of pyridine rings is 1. The van der Waals surface area contributed by atoms with E-state index in [0.29, 0.717) is 12.3 Å². The Balaban J connectivity index is 0.00000289. The van der Waals surface area contributed by atoms with Crippen molar-refractivity contribution in [3.05, 3.63) is 48.2 Å². The number of phenols is 1. The summed E-state index contributed by atoms with van der Waals surface area (Å²) in [5.74, 6) is 2.35. The van der Waals surface area contributed by atoms with Crippen LogP contribution in [0.3, 0.4) is 0 Å². The van der Waals surface area contributed by atoms with E-state index in [1.807, 2.05) is 31.4 Å². The highest BCUT2D eigenvalue weighted by Crippen LogP contribution is 2.27. The Morgan fingerprint density at radius 1 is 0.938 bits per heavy atom. The quantitative estimate of drug-likeness (QED) is 0.344. The van der Waals surface area contributed by atoms with Crippen LogP contribution in [-0.2, 0) is 6.54 Å². The second kappa shape index (κ2) is 12.1. The van der Waals surface area contributed by atoms with E-state index in [0.717, 1.165) is 62.3 Å². The molecule has 2 aliphatic rings. The molecule has 0 atom stereocenters. The predicted molar refractivity (Wildman–Crippen MR) is 142 cm³/mol. The molecule has 0 unspecified atom stereocenters. The van der Waals surface area contributed by atoms with E-state index in [1.165, 1.54) is 25.7 Å². The molecule has 1 aromatic carbocycles. The number of aromatic nitrogens is 1. The van der Waals surface area contributed by atoms with Gasteiger partial charge < -0.3 is 25.1 Å². The van der Waals surface area contributed by atoms with Crippen molar-refractivity contribution in [1.29, 1.82) is 0 Å². The lowest BCUT2D eigenvalue weighted by Crippen LogP contribution is -2.52. The van der Waals surface area contributed by atoms with E-state index >= 15 is 0 Å². The van der Waals surface area contributed by atoms with Gasteiger partial charge in [-0.05, 0) is 36.6 Å². The van der Waals surface area contributed by atoms with Crippen molar-refractivity contribution < 1.29 is 5.11 Å². The summed E-state index contributed by atoms with van der Waals surface area (Å²) < 4.78 is 0. The minimum absolute atomic E-state index is 0. The zero-order chi connectivity index (χ0) is 21.5. The fraction of sp³-hybridized carbons (Fsp3) is 0.500. The van der Waals surface area contributed by atoms with Gasteiger partial charge in [0.25, 0.3) is 0 Å². The lowest BCUT2D eigenvalue weighted by Gasteiger charge is -2.37. The van der Waals surface area contributed by atoms with Gasteiger partial charge in [-0.15, -0.1) is 24.0 Å². The molecule has 2 aliphatic heterocycles. The zero-order valence-electron chi connectivity index (χ0n) is 18.9. The Kier molecular flexibility index (Phi) is 9.25. The SMILES string of the molecule is CN=C(NCc1ccc(N2CCCCCC2)nc1)N1CCN(c2ccccc2O)CC1.I. The number of aromatic hydroxyl groups is 1. The first-order chi connectivity index (χ1) is 15.2. The molecule has 174 valence electrons. The first-order valence-corrected chi connectivity index (χ1v) is 11.4. The van der Waals surface area contributed by atoms with Gasteiger partial charge in [0.2, 0.25) is 0 Å². The fourth-order valence-corrected chi connectivity index (χ4v) is 4.41. The molecule has 2 saturated heterocycles. The van der Waals surface area contributed by atoms with Crippen molar-refractivity contribution in [3.63, 3.8) is 0 Å². The number of piperazine rings is 1. The van der Waals surface area contributed by atoms with Crippen molar-refractivity contribution in [2.24, 2.45) is 4.99 Å². The van der Waals surface area contributed by atoms with Gasteiger partial charge in [-0.3, -0.25) is 4.99 Å². The number of nitrogens with zero attached hydrogens (tertiary/aromatic N) is 5. The minimum Gasteiger partial charge on any atom is -0.506 e. The standard InChI is InChI=1S/C24H34N6O.HI/c1-25-24(30-16-14-28(15-17-30)21-8-4-5-9-22(21)31)27-19-20-10-11-23(26-18-20)29-12-6-2-3-7-13-29;/h4-5,8-11,18,31H,2-3,6-7,12-17,19H2,1H3,(H,25,27);1H. The van der Waals surface area contributed by atoms with Gasteiger partial charge in [0.05, 0.1) is 5.69 Å². The van der Waals surface area contributed by atoms with E-state index in [2.05, 4.69) is 37.1 Å². The van der Waals surface area contributed by atoms with Crippen LogP contribution in [0.25, 0.3) is 0 Å². The van der Waals surface area contributed by atoms with Gasteiger partial charge in [0.15, 0.2) is 5.96 Å².